The second kappa shape index (κ2) is 7.41. The SMILES string of the molecule is CCCNc1cc(NCCS(C)=O)nc(C(F)(F)F)n1. The van der Waals surface area contributed by atoms with Gasteiger partial charge in [-0.15, -0.1) is 0 Å². The first-order valence-corrected chi connectivity index (χ1v) is 7.79. The number of nitrogens with one attached hydrogen (secondary N) is 2. The van der Waals surface area contributed by atoms with Gasteiger partial charge in [0.25, 0.3) is 0 Å². The van der Waals surface area contributed by atoms with Crippen LogP contribution >= 0.6 is 0 Å². The molecule has 0 spiro atoms. The molecular weight excluding hydrogens is 293 g/mol. The molecule has 20 heavy (non-hydrogen) atoms. The Morgan fingerprint density at radius 3 is 2.20 bits per heavy atom. The van der Waals surface area contributed by atoms with E-state index in [1.54, 1.807) is 0 Å². The zero-order valence-electron chi connectivity index (χ0n) is 11.3. The quantitative estimate of drug-likeness (QED) is 0.807. The summed E-state index contributed by atoms with van der Waals surface area (Å²) >= 11 is 0. The molecule has 1 atom stereocenters. The van der Waals surface area contributed by atoms with Gasteiger partial charge in [-0.1, -0.05) is 6.92 Å². The fraction of sp³-hybridized carbons (Fsp3) is 0.636. The van der Waals surface area contributed by atoms with Crippen LogP contribution in [0.2, 0.25) is 0 Å². The molecule has 0 aliphatic carbocycles. The molecule has 0 aliphatic heterocycles. The lowest BCUT2D eigenvalue weighted by molar-refractivity contribution is -0.144. The molecule has 114 valence electrons. The number of halogens is 3. The number of hydrogen-bond acceptors (Lipinski definition) is 5. The molecule has 0 saturated heterocycles. The molecule has 0 radical (unpaired) electrons. The Bertz CT molecular complexity index is 467. The highest BCUT2D eigenvalue weighted by molar-refractivity contribution is 7.84. The van der Waals surface area contributed by atoms with Crippen LogP contribution in [-0.4, -0.2) is 39.3 Å². The lowest BCUT2D eigenvalue weighted by atomic mass is 10.4. The third kappa shape index (κ3) is 5.72. The summed E-state index contributed by atoms with van der Waals surface area (Å²) in [5.74, 6) is -0.673. The highest BCUT2D eigenvalue weighted by Gasteiger charge is 2.35. The molecule has 1 rings (SSSR count). The summed E-state index contributed by atoms with van der Waals surface area (Å²) < 4.78 is 49.0. The van der Waals surface area contributed by atoms with Crippen LogP contribution in [-0.2, 0) is 17.0 Å². The van der Waals surface area contributed by atoms with E-state index in [9.17, 15) is 17.4 Å². The third-order valence-electron chi connectivity index (χ3n) is 2.23. The summed E-state index contributed by atoms with van der Waals surface area (Å²) in [4.78, 5) is 6.86. The summed E-state index contributed by atoms with van der Waals surface area (Å²) in [5.41, 5.74) is 0. The van der Waals surface area contributed by atoms with Crippen molar-refractivity contribution >= 4 is 22.4 Å². The molecule has 0 amide bonds. The minimum absolute atomic E-state index is 0.0661. The fourth-order valence-electron chi connectivity index (χ4n) is 1.33. The van der Waals surface area contributed by atoms with Gasteiger partial charge in [0, 0.05) is 42.0 Å². The summed E-state index contributed by atoms with van der Waals surface area (Å²) in [6.07, 6.45) is -2.31. The van der Waals surface area contributed by atoms with Gasteiger partial charge in [-0.2, -0.15) is 13.2 Å². The molecule has 0 aromatic carbocycles. The summed E-state index contributed by atoms with van der Waals surface area (Å²) in [7, 11) is -1.02. The molecular formula is C11H17F3N4OS. The predicted molar refractivity (Wildman–Crippen MR) is 73.2 cm³/mol. The maximum absolute atomic E-state index is 12.7. The minimum Gasteiger partial charge on any atom is -0.370 e. The van der Waals surface area contributed by atoms with E-state index in [1.807, 2.05) is 6.92 Å². The maximum atomic E-state index is 12.7. The van der Waals surface area contributed by atoms with Gasteiger partial charge in [0.05, 0.1) is 0 Å². The van der Waals surface area contributed by atoms with Gasteiger partial charge in [-0.25, -0.2) is 9.97 Å². The molecule has 1 unspecified atom stereocenters. The monoisotopic (exact) mass is 310 g/mol. The number of aromatic nitrogens is 2. The standard InChI is InChI=1S/C11H17F3N4OS/c1-3-4-15-8-7-9(16-5-6-20(2)19)18-10(17-8)11(12,13)14/h7H,3-6H2,1-2H3,(H2,15,16,17,18). The number of anilines is 2. The first kappa shape index (κ1) is 16.7. The minimum atomic E-state index is -4.60. The Hall–Kier alpha value is -1.38. The molecule has 9 heteroatoms. The van der Waals surface area contributed by atoms with Crippen LogP contribution in [0.1, 0.15) is 19.2 Å². The lowest BCUT2D eigenvalue weighted by Gasteiger charge is -2.12. The molecule has 0 saturated carbocycles. The Kier molecular flexibility index (Phi) is 6.18. The Labute approximate surface area is 117 Å². The van der Waals surface area contributed by atoms with Crippen LogP contribution in [0.3, 0.4) is 0 Å². The van der Waals surface area contributed by atoms with Crippen molar-refractivity contribution in [2.75, 3.05) is 35.7 Å². The Morgan fingerprint density at radius 1 is 1.20 bits per heavy atom. The van der Waals surface area contributed by atoms with Crippen LogP contribution in [0.5, 0.6) is 0 Å². The molecule has 1 aromatic heterocycles. The smallest absolute Gasteiger partial charge is 0.370 e. The molecule has 1 heterocycles. The average Bonchev–Trinajstić information content (AvgIpc) is 2.34. The first-order chi connectivity index (χ1) is 9.32. The molecule has 1 aromatic rings. The van der Waals surface area contributed by atoms with E-state index in [1.165, 1.54) is 12.3 Å². The fourth-order valence-corrected chi connectivity index (χ4v) is 1.72. The van der Waals surface area contributed by atoms with Crippen molar-refractivity contribution in [1.29, 1.82) is 0 Å². The number of nitrogens with zero attached hydrogens (tertiary/aromatic N) is 2. The van der Waals surface area contributed by atoms with Crippen LogP contribution in [0.4, 0.5) is 24.8 Å². The van der Waals surface area contributed by atoms with Gasteiger partial charge in [0.2, 0.25) is 5.82 Å². The topological polar surface area (TPSA) is 66.9 Å². The molecule has 0 aliphatic rings. The van der Waals surface area contributed by atoms with Crippen molar-refractivity contribution in [3.05, 3.63) is 11.9 Å². The second-order valence-corrected chi connectivity index (χ2v) is 5.65. The Morgan fingerprint density at radius 2 is 1.75 bits per heavy atom. The van der Waals surface area contributed by atoms with Crippen LogP contribution in [0.25, 0.3) is 0 Å². The van der Waals surface area contributed by atoms with E-state index in [0.717, 1.165) is 6.42 Å². The zero-order chi connectivity index (χ0) is 15.2. The van der Waals surface area contributed by atoms with Gasteiger partial charge in [-0.05, 0) is 6.42 Å². The molecule has 0 bridgehead atoms. The van der Waals surface area contributed by atoms with E-state index in [0.29, 0.717) is 12.3 Å². The lowest BCUT2D eigenvalue weighted by Crippen LogP contribution is -2.17. The van der Waals surface area contributed by atoms with Gasteiger partial charge >= 0.3 is 6.18 Å². The molecule has 0 fully saturated rings. The van der Waals surface area contributed by atoms with Crippen LogP contribution < -0.4 is 10.6 Å². The number of hydrogen-bond donors (Lipinski definition) is 2. The van der Waals surface area contributed by atoms with Crippen molar-refractivity contribution in [3.8, 4) is 0 Å². The van der Waals surface area contributed by atoms with Crippen molar-refractivity contribution < 1.29 is 17.4 Å². The van der Waals surface area contributed by atoms with Crippen molar-refractivity contribution in [3.63, 3.8) is 0 Å². The number of rotatable bonds is 7. The normalized spacial score (nSPS) is 13.1. The van der Waals surface area contributed by atoms with Crippen LogP contribution in [0.15, 0.2) is 6.07 Å². The highest BCUT2D eigenvalue weighted by Crippen LogP contribution is 2.28. The summed E-state index contributed by atoms with van der Waals surface area (Å²) in [6.45, 7) is 2.70. The Balaban J connectivity index is 2.88. The summed E-state index contributed by atoms with van der Waals surface area (Å²) in [5, 5.41) is 5.52. The van der Waals surface area contributed by atoms with E-state index in [4.69, 9.17) is 0 Å². The van der Waals surface area contributed by atoms with Gasteiger partial charge < -0.3 is 10.6 Å². The summed E-state index contributed by atoms with van der Waals surface area (Å²) in [6, 6.07) is 1.41. The number of alkyl halides is 3. The molecule has 5 nitrogen and oxygen atoms in total. The highest BCUT2D eigenvalue weighted by atomic mass is 32.2. The largest absolute Gasteiger partial charge is 0.451 e. The van der Waals surface area contributed by atoms with Crippen LogP contribution in [0, 0.1) is 0 Å². The van der Waals surface area contributed by atoms with Gasteiger partial charge in [-0.3, -0.25) is 4.21 Å². The third-order valence-corrected chi connectivity index (χ3v) is 3.01. The van der Waals surface area contributed by atoms with E-state index in [2.05, 4.69) is 20.6 Å². The van der Waals surface area contributed by atoms with Gasteiger partial charge in [0.1, 0.15) is 11.6 Å². The predicted octanol–water partition coefficient (Wildman–Crippen LogP) is 2.11. The van der Waals surface area contributed by atoms with Crippen molar-refractivity contribution in [2.24, 2.45) is 0 Å². The van der Waals surface area contributed by atoms with Crippen molar-refractivity contribution in [1.82, 2.24) is 9.97 Å². The van der Waals surface area contributed by atoms with Crippen molar-refractivity contribution in [2.45, 2.75) is 19.5 Å². The van der Waals surface area contributed by atoms with E-state index in [-0.39, 0.29) is 18.2 Å². The maximum Gasteiger partial charge on any atom is 0.451 e. The second-order valence-electron chi connectivity index (χ2n) is 4.09. The van der Waals surface area contributed by atoms with E-state index >= 15 is 0 Å². The van der Waals surface area contributed by atoms with E-state index < -0.39 is 22.8 Å². The average molecular weight is 310 g/mol. The zero-order valence-corrected chi connectivity index (χ0v) is 12.1. The first-order valence-electron chi connectivity index (χ1n) is 6.07. The van der Waals surface area contributed by atoms with Gasteiger partial charge in [0.15, 0.2) is 0 Å². The molecule has 2 N–H and O–H groups in total.